The van der Waals surface area contributed by atoms with Gasteiger partial charge in [-0.1, -0.05) is 6.92 Å². The fourth-order valence-electron chi connectivity index (χ4n) is 2.64. The fourth-order valence-corrected chi connectivity index (χ4v) is 2.64. The Kier molecular flexibility index (Phi) is 3.16. The van der Waals surface area contributed by atoms with Crippen molar-refractivity contribution in [3.8, 4) is 0 Å². The third-order valence-electron chi connectivity index (χ3n) is 3.63. The summed E-state index contributed by atoms with van der Waals surface area (Å²) in [6.07, 6.45) is 2.08. The van der Waals surface area contributed by atoms with Crippen molar-refractivity contribution in [3.63, 3.8) is 0 Å². The minimum atomic E-state index is -0.642. The van der Waals surface area contributed by atoms with E-state index in [0.717, 1.165) is 6.07 Å². The van der Waals surface area contributed by atoms with Gasteiger partial charge in [-0.2, -0.15) is 5.10 Å². The second-order valence-corrected chi connectivity index (χ2v) is 5.39. The molecule has 1 fully saturated rings. The van der Waals surface area contributed by atoms with Gasteiger partial charge in [0, 0.05) is 31.8 Å². The van der Waals surface area contributed by atoms with E-state index in [4.69, 9.17) is 0 Å². The van der Waals surface area contributed by atoms with E-state index in [1.807, 2.05) is 0 Å². The van der Waals surface area contributed by atoms with Gasteiger partial charge in [-0.3, -0.25) is 0 Å². The second-order valence-electron chi connectivity index (χ2n) is 5.39. The van der Waals surface area contributed by atoms with E-state index >= 15 is 0 Å². The van der Waals surface area contributed by atoms with Crippen molar-refractivity contribution in [2.24, 2.45) is 11.0 Å². The molecular formula is C14H15F2N3O. The fraction of sp³-hybridized carbons (Fsp3) is 0.429. The van der Waals surface area contributed by atoms with Gasteiger partial charge in [-0.25, -0.2) is 18.6 Å². The molecule has 2 heterocycles. The summed E-state index contributed by atoms with van der Waals surface area (Å²) in [6.45, 7) is 3.47. The highest BCUT2D eigenvalue weighted by Gasteiger charge is 2.36. The van der Waals surface area contributed by atoms with Crippen LogP contribution >= 0.6 is 0 Å². The minimum absolute atomic E-state index is 0.202. The zero-order valence-electron chi connectivity index (χ0n) is 11.1. The van der Waals surface area contributed by atoms with E-state index < -0.39 is 17.7 Å². The van der Waals surface area contributed by atoms with E-state index in [-0.39, 0.29) is 6.03 Å². The molecule has 1 atom stereocenters. The van der Waals surface area contributed by atoms with Crippen molar-refractivity contribution in [1.82, 2.24) is 9.91 Å². The van der Waals surface area contributed by atoms with Gasteiger partial charge in [0.1, 0.15) is 11.6 Å². The van der Waals surface area contributed by atoms with E-state index in [2.05, 4.69) is 12.0 Å². The lowest BCUT2D eigenvalue weighted by molar-refractivity contribution is 0.0897. The molecule has 6 heteroatoms. The van der Waals surface area contributed by atoms with Crippen molar-refractivity contribution in [3.05, 3.63) is 35.4 Å². The number of urea groups is 1. The molecule has 0 aromatic heterocycles. The van der Waals surface area contributed by atoms with Crippen LogP contribution in [0.3, 0.4) is 0 Å². The molecule has 20 heavy (non-hydrogen) atoms. The van der Waals surface area contributed by atoms with Gasteiger partial charge < -0.3 is 4.90 Å². The van der Waals surface area contributed by atoms with Crippen LogP contribution in [0.25, 0.3) is 0 Å². The number of likely N-dealkylation sites (tertiary alicyclic amines) is 1. The molecule has 1 aromatic carbocycles. The van der Waals surface area contributed by atoms with Crippen LogP contribution in [0.15, 0.2) is 23.3 Å². The zero-order chi connectivity index (χ0) is 14.3. The van der Waals surface area contributed by atoms with Gasteiger partial charge in [0.2, 0.25) is 0 Å². The minimum Gasteiger partial charge on any atom is -0.322 e. The molecule has 1 saturated heterocycles. The molecule has 4 nitrogen and oxygen atoms in total. The van der Waals surface area contributed by atoms with Crippen LogP contribution in [0.5, 0.6) is 0 Å². The molecule has 2 aliphatic heterocycles. The summed E-state index contributed by atoms with van der Waals surface area (Å²) in [5, 5.41) is 5.37. The Labute approximate surface area is 115 Å². The lowest BCUT2D eigenvalue weighted by Crippen LogP contribution is -2.52. The summed E-state index contributed by atoms with van der Waals surface area (Å²) in [5.74, 6) is -0.788. The predicted octanol–water partition coefficient (Wildman–Crippen LogP) is 2.77. The maximum absolute atomic E-state index is 13.3. The van der Waals surface area contributed by atoms with Crippen LogP contribution in [-0.4, -0.2) is 35.2 Å². The number of carbonyl (C=O) groups is 1. The van der Waals surface area contributed by atoms with Crippen LogP contribution in [-0.2, 0) is 0 Å². The summed E-state index contributed by atoms with van der Waals surface area (Å²) in [6, 6.07) is 2.70. The molecule has 3 rings (SSSR count). The van der Waals surface area contributed by atoms with Crippen molar-refractivity contribution >= 4 is 12.2 Å². The van der Waals surface area contributed by atoms with Crippen molar-refractivity contribution in [1.29, 1.82) is 0 Å². The SMILES string of the molecule is CC1CN(C(=O)N2N=CCC2c2cc(F)cc(F)c2)C1. The molecule has 1 aromatic rings. The topological polar surface area (TPSA) is 35.9 Å². The average Bonchev–Trinajstić information content (AvgIpc) is 2.82. The van der Waals surface area contributed by atoms with Crippen LogP contribution in [0.2, 0.25) is 0 Å². The lowest BCUT2D eigenvalue weighted by Gasteiger charge is -2.39. The molecule has 0 radical (unpaired) electrons. The summed E-state index contributed by atoms with van der Waals surface area (Å²) in [7, 11) is 0. The summed E-state index contributed by atoms with van der Waals surface area (Å²) in [4.78, 5) is 14.0. The van der Waals surface area contributed by atoms with Gasteiger partial charge in [0.05, 0.1) is 6.04 Å². The molecule has 1 unspecified atom stereocenters. The molecule has 2 aliphatic rings. The van der Waals surface area contributed by atoms with Crippen LogP contribution in [0.1, 0.15) is 24.9 Å². The Morgan fingerprint density at radius 3 is 2.50 bits per heavy atom. The largest absolute Gasteiger partial charge is 0.341 e. The molecular weight excluding hydrogens is 264 g/mol. The van der Waals surface area contributed by atoms with E-state index in [0.29, 0.717) is 31.0 Å². The number of carbonyl (C=O) groups excluding carboxylic acids is 1. The molecule has 0 bridgehead atoms. The van der Waals surface area contributed by atoms with Crippen molar-refractivity contribution in [2.45, 2.75) is 19.4 Å². The highest BCUT2D eigenvalue weighted by molar-refractivity contribution is 5.79. The number of hydrogen-bond donors (Lipinski definition) is 0. The van der Waals surface area contributed by atoms with Crippen molar-refractivity contribution < 1.29 is 13.6 Å². The highest BCUT2D eigenvalue weighted by atomic mass is 19.1. The van der Waals surface area contributed by atoms with Gasteiger partial charge >= 0.3 is 6.03 Å². The maximum Gasteiger partial charge on any atom is 0.341 e. The first-order valence-electron chi connectivity index (χ1n) is 6.61. The third kappa shape index (κ3) is 2.26. The number of halogens is 2. The quantitative estimate of drug-likeness (QED) is 0.778. The predicted molar refractivity (Wildman–Crippen MR) is 70.2 cm³/mol. The average molecular weight is 279 g/mol. The second kappa shape index (κ2) is 4.85. The number of hydrazone groups is 1. The van der Waals surface area contributed by atoms with E-state index in [9.17, 15) is 13.6 Å². The Morgan fingerprint density at radius 1 is 1.25 bits per heavy atom. The smallest absolute Gasteiger partial charge is 0.322 e. The lowest BCUT2D eigenvalue weighted by atomic mass is 10.0. The summed E-state index contributed by atoms with van der Waals surface area (Å²) < 4.78 is 26.6. The maximum atomic E-state index is 13.3. The number of nitrogens with zero attached hydrogens (tertiary/aromatic N) is 3. The third-order valence-corrected chi connectivity index (χ3v) is 3.63. The Balaban J connectivity index is 1.81. The number of amides is 2. The summed E-state index contributed by atoms with van der Waals surface area (Å²) >= 11 is 0. The van der Waals surface area contributed by atoms with E-state index in [1.165, 1.54) is 17.1 Å². The first kappa shape index (κ1) is 13.0. The van der Waals surface area contributed by atoms with Gasteiger partial charge in [0.15, 0.2) is 0 Å². The summed E-state index contributed by atoms with van der Waals surface area (Å²) in [5.41, 5.74) is 0.432. The number of rotatable bonds is 1. The normalized spacial score (nSPS) is 22.2. The van der Waals surface area contributed by atoms with Crippen molar-refractivity contribution in [2.75, 3.05) is 13.1 Å². The monoisotopic (exact) mass is 279 g/mol. The van der Waals surface area contributed by atoms with Gasteiger partial charge in [-0.05, 0) is 23.6 Å². The zero-order valence-corrected chi connectivity index (χ0v) is 11.1. The highest BCUT2D eigenvalue weighted by Crippen LogP contribution is 2.31. The molecule has 0 N–H and O–H groups in total. The first-order valence-corrected chi connectivity index (χ1v) is 6.61. The van der Waals surface area contributed by atoms with Crippen LogP contribution in [0.4, 0.5) is 13.6 Å². The Morgan fingerprint density at radius 2 is 1.90 bits per heavy atom. The van der Waals surface area contributed by atoms with Crippen LogP contribution < -0.4 is 0 Å². The molecule has 2 amide bonds. The van der Waals surface area contributed by atoms with E-state index in [1.54, 1.807) is 11.1 Å². The number of hydrogen-bond acceptors (Lipinski definition) is 2. The molecule has 0 spiro atoms. The molecule has 0 saturated carbocycles. The standard InChI is InChI=1S/C14H15F2N3O/c1-9-7-18(8-9)14(20)19-13(2-3-17-19)10-4-11(15)6-12(16)5-10/h3-6,9,13H,2,7-8H2,1H3. The number of benzene rings is 1. The Bertz CT molecular complexity index is 549. The van der Waals surface area contributed by atoms with Gasteiger partial charge in [0.25, 0.3) is 0 Å². The van der Waals surface area contributed by atoms with Gasteiger partial charge in [-0.15, -0.1) is 0 Å². The first-order chi connectivity index (χ1) is 9.54. The Hall–Kier alpha value is -1.98. The molecule has 106 valence electrons. The molecule has 0 aliphatic carbocycles. The van der Waals surface area contributed by atoms with Crippen LogP contribution in [0, 0.1) is 17.6 Å².